The lowest BCUT2D eigenvalue weighted by atomic mass is 9.94. The number of nitrogen functional groups attached to an aromatic ring is 2. The van der Waals surface area contributed by atoms with E-state index in [1.54, 1.807) is 0 Å². The van der Waals surface area contributed by atoms with Crippen LogP contribution in [0.5, 0.6) is 5.75 Å². The number of nitrogens with one attached hydrogen (secondary N) is 2. The van der Waals surface area contributed by atoms with Gasteiger partial charge in [-0.2, -0.15) is 10.5 Å². The van der Waals surface area contributed by atoms with E-state index in [0.717, 1.165) is 44.8 Å². The topological polar surface area (TPSA) is 165 Å². The van der Waals surface area contributed by atoms with Crippen LogP contribution in [0.15, 0.2) is 29.3 Å². The van der Waals surface area contributed by atoms with Crippen LogP contribution in [0, 0.1) is 22.8 Å². The molecule has 1 aromatic carbocycles. The summed E-state index contributed by atoms with van der Waals surface area (Å²) in [6, 6.07) is 8.92. The van der Waals surface area contributed by atoms with Crippen molar-refractivity contribution < 1.29 is 4.74 Å². The average molecular weight is 461 g/mol. The van der Waals surface area contributed by atoms with Gasteiger partial charge in [0, 0.05) is 43.9 Å². The average Bonchev–Trinajstić information content (AvgIpc) is 2.84. The normalized spacial score (nSPS) is 18.1. The molecule has 1 aromatic heterocycles. The van der Waals surface area contributed by atoms with Gasteiger partial charge in [-0.1, -0.05) is 25.1 Å². The lowest BCUT2D eigenvalue weighted by Gasteiger charge is -2.34. The molecule has 1 atom stereocenters. The van der Waals surface area contributed by atoms with Crippen molar-refractivity contribution in [1.82, 2.24) is 20.1 Å². The predicted molar refractivity (Wildman–Crippen MR) is 130 cm³/mol. The van der Waals surface area contributed by atoms with Gasteiger partial charge in [0.25, 0.3) is 0 Å². The highest BCUT2D eigenvalue weighted by molar-refractivity contribution is 5.98. The number of rotatable bonds is 6. The van der Waals surface area contributed by atoms with E-state index in [1.807, 2.05) is 36.5 Å². The summed E-state index contributed by atoms with van der Waals surface area (Å²) >= 11 is 0. The molecule has 1 unspecified atom stereocenters. The molecule has 0 amide bonds. The SMILES string of the molecule is CCN1CCN(CCOc2ccccc2C2N=C(NC#N)Nc3nc(N)c(C#N)c(N)c32)CC1. The second-order valence-corrected chi connectivity index (χ2v) is 8.06. The number of guanidine groups is 1. The largest absolute Gasteiger partial charge is 0.492 e. The second-order valence-electron chi connectivity index (χ2n) is 8.06. The molecular weight excluding hydrogens is 432 g/mol. The molecule has 1 saturated heterocycles. The summed E-state index contributed by atoms with van der Waals surface area (Å²) in [5.74, 6) is 1.22. The zero-order chi connectivity index (χ0) is 24.1. The highest BCUT2D eigenvalue weighted by Gasteiger charge is 2.31. The van der Waals surface area contributed by atoms with E-state index in [4.69, 9.17) is 21.5 Å². The number of benzene rings is 1. The van der Waals surface area contributed by atoms with Gasteiger partial charge in [-0.3, -0.25) is 10.2 Å². The van der Waals surface area contributed by atoms with Crippen LogP contribution in [0.25, 0.3) is 0 Å². The zero-order valence-electron chi connectivity index (χ0n) is 19.1. The molecule has 0 radical (unpaired) electrons. The first-order valence-corrected chi connectivity index (χ1v) is 11.2. The third-order valence-electron chi connectivity index (χ3n) is 6.15. The standard InChI is InChI=1S/C23H28N10O/c1-2-32-7-9-33(10-8-32)11-12-34-17-6-4-3-5-15(17)20-18-19(26)16(13-24)21(27)30-22(18)31-23(29-20)28-14-25/h3-6,20H,2,7-12H2,1H3,(H6,26,27,28,29,30,31). The minimum absolute atomic E-state index is 0.0101. The van der Waals surface area contributed by atoms with Gasteiger partial charge >= 0.3 is 0 Å². The highest BCUT2D eigenvalue weighted by Crippen LogP contribution is 2.43. The van der Waals surface area contributed by atoms with Crippen LogP contribution < -0.4 is 26.8 Å². The zero-order valence-corrected chi connectivity index (χ0v) is 19.1. The van der Waals surface area contributed by atoms with E-state index >= 15 is 0 Å². The van der Waals surface area contributed by atoms with Crippen LogP contribution >= 0.6 is 0 Å². The van der Waals surface area contributed by atoms with Crippen molar-refractivity contribution in [2.24, 2.45) is 4.99 Å². The predicted octanol–water partition coefficient (Wildman–Crippen LogP) is 1.08. The number of para-hydroxylation sites is 1. The molecule has 2 aromatic rings. The maximum Gasteiger partial charge on any atom is 0.211 e. The van der Waals surface area contributed by atoms with E-state index in [2.05, 4.69) is 37.3 Å². The van der Waals surface area contributed by atoms with E-state index in [1.165, 1.54) is 0 Å². The number of fused-ring (bicyclic) bond motifs is 1. The Bertz CT molecular complexity index is 1160. The van der Waals surface area contributed by atoms with E-state index in [-0.39, 0.29) is 23.0 Å². The number of hydrogen-bond donors (Lipinski definition) is 4. The molecule has 0 bridgehead atoms. The fraction of sp³-hybridized carbons (Fsp3) is 0.391. The number of hydrogen-bond acceptors (Lipinski definition) is 11. The molecule has 11 nitrogen and oxygen atoms in total. The smallest absolute Gasteiger partial charge is 0.211 e. The second kappa shape index (κ2) is 10.3. The molecule has 2 aliphatic heterocycles. The van der Waals surface area contributed by atoms with Crippen molar-refractivity contribution in [2.75, 3.05) is 62.7 Å². The monoisotopic (exact) mass is 460 g/mol. The Morgan fingerprint density at radius 3 is 2.62 bits per heavy atom. The molecule has 34 heavy (non-hydrogen) atoms. The maximum absolute atomic E-state index is 9.53. The van der Waals surface area contributed by atoms with Crippen molar-refractivity contribution in [2.45, 2.75) is 13.0 Å². The van der Waals surface area contributed by atoms with Gasteiger partial charge in [-0.15, -0.1) is 0 Å². The molecule has 0 spiro atoms. The first-order valence-electron chi connectivity index (χ1n) is 11.2. The van der Waals surface area contributed by atoms with Gasteiger partial charge in [0.05, 0.1) is 5.69 Å². The van der Waals surface area contributed by atoms with E-state index in [9.17, 15) is 5.26 Å². The Labute approximate surface area is 198 Å². The molecule has 176 valence electrons. The van der Waals surface area contributed by atoms with Gasteiger partial charge in [-0.05, 0) is 12.6 Å². The van der Waals surface area contributed by atoms with Crippen molar-refractivity contribution in [3.63, 3.8) is 0 Å². The van der Waals surface area contributed by atoms with Crippen LogP contribution in [0.3, 0.4) is 0 Å². The molecule has 11 heteroatoms. The van der Waals surface area contributed by atoms with Crippen molar-refractivity contribution >= 4 is 23.3 Å². The van der Waals surface area contributed by atoms with Crippen LogP contribution in [-0.2, 0) is 0 Å². The van der Waals surface area contributed by atoms with Gasteiger partial charge in [-0.25, -0.2) is 9.98 Å². The van der Waals surface area contributed by atoms with E-state index < -0.39 is 6.04 Å². The Kier molecular flexibility index (Phi) is 6.97. The molecule has 6 N–H and O–H groups in total. The lowest BCUT2D eigenvalue weighted by Crippen LogP contribution is -2.47. The first-order chi connectivity index (χ1) is 16.5. The first kappa shape index (κ1) is 23.1. The van der Waals surface area contributed by atoms with Crippen molar-refractivity contribution in [1.29, 1.82) is 10.5 Å². The fourth-order valence-corrected chi connectivity index (χ4v) is 4.26. The third-order valence-corrected chi connectivity index (χ3v) is 6.15. The summed E-state index contributed by atoms with van der Waals surface area (Å²) in [6.07, 6.45) is 1.86. The number of aromatic nitrogens is 1. The number of ether oxygens (including phenoxy) is 1. The molecule has 0 aliphatic carbocycles. The number of nitrogens with two attached hydrogens (primary N) is 2. The van der Waals surface area contributed by atoms with Gasteiger partial charge in [0.15, 0.2) is 6.19 Å². The molecule has 2 aliphatic rings. The lowest BCUT2D eigenvalue weighted by molar-refractivity contribution is 0.120. The van der Waals surface area contributed by atoms with Crippen LogP contribution in [0.1, 0.15) is 29.7 Å². The number of piperazine rings is 1. The van der Waals surface area contributed by atoms with Crippen LogP contribution in [0.4, 0.5) is 17.3 Å². The van der Waals surface area contributed by atoms with E-state index in [0.29, 0.717) is 23.7 Å². The molecule has 3 heterocycles. The van der Waals surface area contributed by atoms with Gasteiger partial charge in [0.2, 0.25) is 5.96 Å². The van der Waals surface area contributed by atoms with Crippen LogP contribution in [-0.4, -0.2) is 66.6 Å². The van der Waals surface area contributed by atoms with Gasteiger partial charge in [0.1, 0.15) is 41.7 Å². The minimum Gasteiger partial charge on any atom is -0.492 e. The summed E-state index contributed by atoms with van der Waals surface area (Å²) in [7, 11) is 0. The Morgan fingerprint density at radius 2 is 1.91 bits per heavy atom. The number of pyridine rings is 1. The number of aliphatic imine (C=N–C) groups is 1. The molecule has 4 rings (SSSR count). The Morgan fingerprint density at radius 1 is 1.18 bits per heavy atom. The summed E-state index contributed by atoms with van der Waals surface area (Å²) < 4.78 is 6.20. The number of nitriles is 2. The summed E-state index contributed by atoms with van der Waals surface area (Å²) in [4.78, 5) is 13.8. The third kappa shape index (κ3) is 4.66. The molecular formula is C23H28N10O. The molecule has 0 saturated carbocycles. The van der Waals surface area contributed by atoms with Gasteiger partial charge < -0.3 is 26.4 Å². The Balaban J connectivity index is 1.61. The number of anilines is 3. The van der Waals surface area contributed by atoms with Crippen molar-refractivity contribution in [3.8, 4) is 18.0 Å². The number of likely N-dealkylation sites (N-methyl/N-ethyl adjacent to an activating group) is 1. The minimum atomic E-state index is -0.642. The van der Waals surface area contributed by atoms with Crippen LogP contribution in [0.2, 0.25) is 0 Å². The fourth-order valence-electron chi connectivity index (χ4n) is 4.26. The maximum atomic E-state index is 9.53. The summed E-state index contributed by atoms with van der Waals surface area (Å²) in [6.45, 7) is 8.78. The molecule has 1 fully saturated rings. The quantitative estimate of drug-likeness (QED) is 0.362. The van der Waals surface area contributed by atoms with Crippen molar-refractivity contribution in [3.05, 3.63) is 41.0 Å². The Hall–Kier alpha value is -4.06. The summed E-state index contributed by atoms with van der Waals surface area (Å²) in [5, 5.41) is 24.1. The summed E-state index contributed by atoms with van der Waals surface area (Å²) in [5.41, 5.74) is 13.8. The number of nitrogens with zero attached hydrogens (tertiary/aromatic N) is 6. The highest BCUT2D eigenvalue weighted by atomic mass is 16.5.